The third-order valence-corrected chi connectivity index (χ3v) is 1.41. The van der Waals surface area contributed by atoms with Crippen LogP contribution in [-0.4, -0.2) is 17.3 Å². The molecular formula is C8H15NO. The van der Waals surface area contributed by atoms with E-state index < -0.39 is 5.60 Å². The summed E-state index contributed by atoms with van der Waals surface area (Å²) in [5.41, 5.74) is 4.56. The lowest BCUT2D eigenvalue weighted by molar-refractivity contribution is 0.0616. The van der Waals surface area contributed by atoms with E-state index in [0.717, 1.165) is 6.42 Å². The van der Waals surface area contributed by atoms with Crippen LogP contribution in [0.4, 0.5) is 0 Å². The molecule has 0 aromatic carbocycles. The standard InChI is InChI=1S/C8H15NO/c1-3-4-5-6-8(2,10)7-9/h10H,5-7,9H2,1-2H3. The van der Waals surface area contributed by atoms with Crippen molar-refractivity contribution in [2.75, 3.05) is 6.54 Å². The van der Waals surface area contributed by atoms with Gasteiger partial charge < -0.3 is 10.8 Å². The first-order valence-corrected chi connectivity index (χ1v) is 3.44. The Bertz CT molecular complexity index is 141. The molecule has 10 heavy (non-hydrogen) atoms. The highest BCUT2D eigenvalue weighted by Gasteiger charge is 2.15. The fourth-order valence-corrected chi connectivity index (χ4v) is 0.559. The first kappa shape index (κ1) is 9.48. The molecule has 58 valence electrons. The summed E-state index contributed by atoms with van der Waals surface area (Å²) in [6.07, 6.45) is 1.38. The van der Waals surface area contributed by atoms with Gasteiger partial charge in [0.2, 0.25) is 0 Å². The van der Waals surface area contributed by atoms with Crippen LogP contribution in [0, 0.1) is 11.8 Å². The second-order valence-corrected chi connectivity index (χ2v) is 2.63. The van der Waals surface area contributed by atoms with Gasteiger partial charge in [0.15, 0.2) is 0 Å². The van der Waals surface area contributed by atoms with Crippen molar-refractivity contribution in [1.29, 1.82) is 0 Å². The molecule has 0 amide bonds. The fraction of sp³-hybridized carbons (Fsp3) is 0.750. The molecule has 2 heteroatoms. The maximum absolute atomic E-state index is 9.36. The van der Waals surface area contributed by atoms with E-state index in [1.54, 1.807) is 13.8 Å². The molecule has 0 bridgehead atoms. The monoisotopic (exact) mass is 141 g/mol. The lowest BCUT2D eigenvalue weighted by atomic mass is 10.0. The van der Waals surface area contributed by atoms with E-state index in [1.165, 1.54) is 0 Å². The summed E-state index contributed by atoms with van der Waals surface area (Å²) in [5.74, 6) is 5.64. The molecule has 0 aliphatic rings. The molecule has 1 unspecified atom stereocenters. The van der Waals surface area contributed by atoms with Crippen LogP contribution in [0.3, 0.4) is 0 Å². The number of nitrogens with two attached hydrogens (primary N) is 1. The highest BCUT2D eigenvalue weighted by atomic mass is 16.3. The maximum Gasteiger partial charge on any atom is 0.0750 e. The zero-order valence-corrected chi connectivity index (χ0v) is 6.65. The summed E-state index contributed by atoms with van der Waals surface area (Å²) in [6, 6.07) is 0. The molecule has 0 aliphatic carbocycles. The second-order valence-electron chi connectivity index (χ2n) is 2.63. The molecule has 0 spiro atoms. The number of aliphatic hydroxyl groups is 1. The van der Waals surface area contributed by atoms with Gasteiger partial charge in [-0.05, 0) is 20.3 Å². The smallest absolute Gasteiger partial charge is 0.0750 e. The third kappa shape index (κ3) is 4.37. The lowest BCUT2D eigenvalue weighted by Crippen LogP contribution is -2.33. The molecule has 0 aliphatic heterocycles. The average molecular weight is 141 g/mol. The molecule has 0 rings (SSSR count). The van der Waals surface area contributed by atoms with Crippen LogP contribution in [-0.2, 0) is 0 Å². The summed E-state index contributed by atoms with van der Waals surface area (Å²) in [7, 11) is 0. The maximum atomic E-state index is 9.36. The average Bonchev–Trinajstić information content (AvgIpc) is 1.89. The SMILES string of the molecule is CC#CCCC(C)(O)CN. The van der Waals surface area contributed by atoms with Gasteiger partial charge >= 0.3 is 0 Å². The Morgan fingerprint density at radius 3 is 2.60 bits per heavy atom. The van der Waals surface area contributed by atoms with Crippen LogP contribution in [0.25, 0.3) is 0 Å². The summed E-state index contributed by atoms with van der Waals surface area (Å²) < 4.78 is 0. The molecule has 0 radical (unpaired) electrons. The van der Waals surface area contributed by atoms with Crippen molar-refractivity contribution < 1.29 is 5.11 Å². The number of hydrogen-bond donors (Lipinski definition) is 2. The number of hydrogen-bond acceptors (Lipinski definition) is 2. The van der Waals surface area contributed by atoms with Crippen molar-refractivity contribution in [3.05, 3.63) is 0 Å². The van der Waals surface area contributed by atoms with Gasteiger partial charge in [0.05, 0.1) is 5.60 Å². The molecule has 0 saturated heterocycles. The predicted octanol–water partition coefficient (Wildman–Crippen LogP) is 0.500. The summed E-state index contributed by atoms with van der Waals surface area (Å²) in [4.78, 5) is 0. The Kier molecular flexibility index (Phi) is 4.10. The summed E-state index contributed by atoms with van der Waals surface area (Å²) in [6.45, 7) is 3.82. The third-order valence-electron chi connectivity index (χ3n) is 1.41. The van der Waals surface area contributed by atoms with Crippen LogP contribution in [0.15, 0.2) is 0 Å². The van der Waals surface area contributed by atoms with E-state index in [9.17, 15) is 5.11 Å². The van der Waals surface area contributed by atoms with Gasteiger partial charge in [-0.25, -0.2) is 0 Å². The molecular weight excluding hydrogens is 126 g/mol. The van der Waals surface area contributed by atoms with Gasteiger partial charge in [0.25, 0.3) is 0 Å². The van der Waals surface area contributed by atoms with Gasteiger partial charge in [0, 0.05) is 13.0 Å². The fourth-order valence-electron chi connectivity index (χ4n) is 0.559. The van der Waals surface area contributed by atoms with E-state index in [4.69, 9.17) is 5.73 Å². The highest BCUT2D eigenvalue weighted by molar-refractivity contribution is 4.96. The van der Waals surface area contributed by atoms with Crippen molar-refractivity contribution >= 4 is 0 Å². The summed E-state index contributed by atoms with van der Waals surface area (Å²) >= 11 is 0. The molecule has 2 nitrogen and oxygen atoms in total. The topological polar surface area (TPSA) is 46.2 Å². The molecule has 0 saturated carbocycles. The molecule has 1 atom stereocenters. The van der Waals surface area contributed by atoms with Crippen LogP contribution >= 0.6 is 0 Å². The van der Waals surface area contributed by atoms with Crippen molar-refractivity contribution in [1.82, 2.24) is 0 Å². The Labute approximate surface area is 62.4 Å². The predicted molar refractivity (Wildman–Crippen MR) is 42.4 cm³/mol. The molecule has 0 aromatic rings. The Morgan fingerprint density at radius 2 is 2.20 bits per heavy atom. The number of rotatable bonds is 3. The van der Waals surface area contributed by atoms with Gasteiger partial charge in [-0.1, -0.05) is 0 Å². The van der Waals surface area contributed by atoms with E-state index in [1.807, 2.05) is 0 Å². The van der Waals surface area contributed by atoms with Gasteiger partial charge in [-0.3, -0.25) is 0 Å². The minimum Gasteiger partial charge on any atom is -0.389 e. The van der Waals surface area contributed by atoms with Crippen molar-refractivity contribution in [3.63, 3.8) is 0 Å². The summed E-state index contributed by atoms with van der Waals surface area (Å²) in [5, 5.41) is 9.36. The Balaban J connectivity index is 3.53. The largest absolute Gasteiger partial charge is 0.389 e. The van der Waals surface area contributed by atoms with Gasteiger partial charge in [0.1, 0.15) is 0 Å². The van der Waals surface area contributed by atoms with Crippen LogP contribution in [0.2, 0.25) is 0 Å². The molecule has 0 heterocycles. The van der Waals surface area contributed by atoms with Crippen molar-refractivity contribution in [3.8, 4) is 11.8 Å². The van der Waals surface area contributed by atoms with Gasteiger partial charge in [-0.2, -0.15) is 0 Å². The second kappa shape index (κ2) is 4.32. The molecule has 3 N–H and O–H groups in total. The normalized spacial score (nSPS) is 15.2. The zero-order valence-electron chi connectivity index (χ0n) is 6.65. The van der Waals surface area contributed by atoms with E-state index in [0.29, 0.717) is 13.0 Å². The van der Waals surface area contributed by atoms with Gasteiger partial charge in [-0.15, -0.1) is 11.8 Å². The Hall–Kier alpha value is -0.520. The van der Waals surface area contributed by atoms with E-state index >= 15 is 0 Å². The van der Waals surface area contributed by atoms with Crippen molar-refractivity contribution in [2.45, 2.75) is 32.3 Å². The Morgan fingerprint density at radius 1 is 1.60 bits per heavy atom. The van der Waals surface area contributed by atoms with E-state index in [2.05, 4.69) is 11.8 Å². The first-order valence-electron chi connectivity index (χ1n) is 3.44. The molecule has 0 aromatic heterocycles. The molecule has 0 fully saturated rings. The lowest BCUT2D eigenvalue weighted by Gasteiger charge is -2.18. The van der Waals surface area contributed by atoms with Crippen LogP contribution in [0.5, 0.6) is 0 Å². The van der Waals surface area contributed by atoms with Crippen molar-refractivity contribution in [2.24, 2.45) is 5.73 Å². The quantitative estimate of drug-likeness (QED) is 0.562. The van der Waals surface area contributed by atoms with E-state index in [-0.39, 0.29) is 0 Å². The van der Waals surface area contributed by atoms with Crippen LogP contribution in [0.1, 0.15) is 26.7 Å². The highest BCUT2D eigenvalue weighted by Crippen LogP contribution is 2.08. The van der Waals surface area contributed by atoms with Crippen LogP contribution < -0.4 is 5.73 Å². The zero-order chi connectivity index (χ0) is 8.04. The first-order chi connectivity index (χ1) is 4.62. The minimum absolute atomic E-state index is 0.304. The minimum atomic E-state index is -0.732.